The molecule has 0 aliphatic carbocycles. The van der Waals surface area contributed by atoms with Crippen molar-refractivity contribution in [3.63, 3.8) is 0 Å². The third-order valence-corrected chi connectivity index (χ3v) is 1.80. The number of aliphatic carboxylic acids is 2. The average molecular weight is 340 g/mol. The monoisotopic (exact) mass is 340 g/mol. The van der Waals surface area contributed by atoms with Crippen LogP contribution in [0, 0.1) is 0 Å². The zero-order chi connectivity index (χ0) is 18.5. The van der Waals surface area contributed by atoms with Gasteiger partial charge in [-0.2, -0.15) is 0 Å². The van der Waals surface area contributed by atoms with E-state index in [0.717, 1.165) is 0 Å². The summed E-state index contributed by atoms with van der Waals surface area (Å²) in [5.41, 5.74) is 0.130. The molecule has 11 heteroatoms. The maximum absolute atomic E-state index is 9.71. The first kappa shape index (κ1) is 25.4. The molecule has 130 valence electrons. The Hall–Kier alpha value is -1.55. The number of hydrogen-bond acceptors (Lipinski definition) is 10. The van der Waals surface area contributed by atoms with Crippen molar-refractivity contribution in [2.24, 2.45) is 0 Å². The van der Waals surface area contributed by atoms with Gasteiger partial charge in [0.05, 0.1) is 33.0 Å². The van der Waals surface area contributed by atoms with Crippen LogP contribution in [0.25, 0.3) is 0 Å². The van der Waals surface area contributed by atoms with Crippen LogP contribution >= 0.6 is 7.82 Å². The molecule has 22 heavy (non-hydrogen) atoms. The van der Waals surface area contributed by atoms with E-state index in [1.54, 1.807) is 0 Å². The highest BCUT2D eigenvalue weighted by Crippen LogP contribution is 2.24. The maximum atomic E-state index is 9.71. The number of phosphoric acid groups is 1. The Morgan fingerprint density at radius 1 is 1.14 bits per heavy atom. The molecular formula is C11H17O10P-4. The van der Waals surface area contributed by atoms with Crippen LogP contribution in [0.5, 0.6) is 0 Å². The minimum absolute atomic E-state index is 0.0648. The largest absolute Gasteiger partial charge is 0.790 e. The molecule has 0 saturated carbocycles. The van der Waals surface area contributed by atoms with Crippen LogP contribution in [0.2, 0.25) is 0 Å². The van der Waals surface area contributed by atoms with E-state index in [1.165, 1.54) is 13.8 Å². The van der Waals surface area contributed by atoms with Gasteiger partial charge in [0.25, 0.3) is 0 Å². The van der Waals surface area contributed by atoms with Crippen LogP contribution in [0.4, 0.5) is 0 Å². The Morgan fingerprint density at radius 2 is 1.41 bits per heavy atom. The molecule has 0 bridgehead atoms. The molecule has 0 rings (SSSR count). The van der Waals surface area contributed by atoms with Gasteiger partial charge in [-0.1, -0.05) is 13.2 Å². The molecule has 0 aliphatic rings. The van der Waals surface area contributed by atoms with Crippen LogP contribution in [0.15, 0.2) is 24.3 Å². The lowest BCUT2D eigenvalue weighted by Crippen LogP contribution is -2.24. The third-order valence-electron chi connectivity index (χ3n) is 1.33. The predicted molar refractivity (Wildman–Crippen MR) is 66.3 cm³/mol. The summed E-state index contributed by atoms with van der Waals surface area (Å²) in [6.07, 6.45) is -1.32. The first-order valence-corrected chi connectivity index (χ1v) is 6.89. The molecule has 0 aliphatic heterocycles. The van der Waals surface area contributed by atoms with Crippen molar-refractivity contribution in [3.05, 3.63) is 24.3 Å². The molecule has 0 radical (unpaired) electrons. The molecule has 0 aromatic rings. The Balaban J connectivity index is -0.000000261. The zero-order valence-electron chi connectivity index (χ0n) is 12.0. The van der Waals surface area contributed by atoms with E-state index in [2.05, 4.69) is 17.7 Å². The van der Waals surface area contributed by atoms with Gasteiger partial charge in [0.2, 0.25) is 0 Å². The predicted octanol–water partition coefficient (Wildman–Crippen LogP) is -4.19. The fourth-order valence-corrected chi connectivity index (χ4v) is 0.585. The van der Waals surface area contributed by atoms with E-state index >= 15 is 0 Å². The van der Waals surface area contributed by atoms with E-state index < -0.39 is 39.1 Å². The number of carboxylic acid groups (broad SMARTS) is 2. The fourth-order valence-electron chi connectivity index (χ4n) is 0.230. The van der Waals surface area contributed by atoms with Crippen molar-refractivity contribution in [3.8, 4) is 0 Å². The molecule has 1 atom stereocenters. The highest BCUT2D eigenvalue weighted by Gasteiger charge is 2.01. The summed E-state index contributed by atoms with van der Waals surface area (Å²) >= 11 is 0. The molecule has 0 aromatic heterocycles. The number of phosphoric ester groups is 1. The van der Waals surface area contributed by atoms with Crippen LogP contribution in [0.3, 0.4) is 0 Å². The topological polar surface area (TPSA) is 193 Å². The molecule has 0 spiro atoms. The fraction of sp³-hybridized carbons (Fsp3) is 0.455. The highest BCUT2D eigenvalue weighted by atomic mass is 31.2. The molecule has 1 unspecified atom stereocenters. The average Bonchev–Trinajstić information content (AvgIpc) is 2.36. The molecule has 10 nitrogen and oxygen atoms in total. The second kappa shape index (κ2) is 13.1. The molecule has 0 saturated heterocycles. The van der Waals surface area contributed by atoms with Gasteiger partial charge in [-0.3, -0.25) is 0 Å². The minimum atomic E-state index is -5.00. The first-order chi connectivity index (χ1) is 9.74. The summed E-state index contributed by atoms with van der Waals surface area (Å²) in [5, 5.41) is 35.5. The molecule has 0 heterocycles. The molecule has 0 fully saturated rings. The number of hydrogen-bond donors (Lipinski definition) is 2. The second-order valence-corrected chi connectivity index (χ2v) is 4.87. The van der Waals surface area contributed by atoms with Crippen molar-refractivity contribution >= 4 is 19.8 Å². The van der Waals surface area contributed by atoms with Crippen molar-refractivity contribution in [2.75, 3.05) is 13.2 Å². The number of aliphatic hydroxyl groups is 2. The minimum Gasteiger partial charge on any atom is -0.790 e. The Labute approximate surface area is 127 Å². The number of carboxylic acids is 2. The van der Waals surface area contributed by atoms with Gasteiger partial charge in [-0.15, -0.1) is 0 Å². The summed E-state index contributed by atoms with van der Waals surface area (Å²) < 4.78 is 13.3. The standard InChI is InChI=1S/2C4H6O2.C3H9O6P/c2*1-3(2)4(5)6;4-1-3(5)2-9-10(6,7)8/h2*1H2,2H3,(H,5,6);3-5H,1-2H2,(H2,6,7,8)/p-4. The Morgan fingerprint density at radius 3 is 1.55 bits per heavy atom. The lowest BCUT2D eigenvalue weighted by atomic mass is 10.4. The quantitative estimate of drug-likeness (QED) is 0.353. The van der Waals surface area contributed by atoms with E-state index in [1.807, 2.05) is 0 Å². The van der Waals surface area contributed by atoms with Gasteiger partial charge in [0, 0.05) is 0 Å². The van der Waals surface area contributed by atoms with Gasteiger partial charge in [-0.25, -0.2) is 0 Å². The van der Waals surface area contributed by atoms with Gasteiger partial charge < -0.3 is 48.9 Å². The van der Waals surface area contributed by atoms with Gasteiger partial charge >= 0.3 is 0 Å². The second-order valence-electron chi connectivity index (χ2n) is 3.71. The van der Waals surface area contributed by atoms with E-state index in [4.69, 9.17) is 10.2 Å². The van der Waals surface area contributed by atoms with Crippen LogP contribution in [0.1, 0.15) is 13.8 Å². The number of rotatable bonds is 6. The zero-order valence-corrected chi connectivity index (χ0v) is 12.9. The van der Waals surface area contributed by atoms with Gasteiger partial charge in [0.15, 0.2) is 0 Å². The molecule has 0 amide bonds. The van der Waals surface area contributed by atoms with Gasteiger partial charge in [0.1, 0.15) is 6.10 Å². The molecule has 2 N–H and O–H groups in total. The summed E-state index contributed by atoms with van der Waals surface area (Å²) in [4.78, 5) is 38.4. The Bertz CT molecular complexity index is 377. The van der Waals surface area contributed by atoms with Crippen LogP contribution in [-0.2, 0) is 18.7 Å². The summed E-state index contributed by atoms with van der Waals surface area (Å²) in [6, 6.07) is 0. The number of aliphatic hydroxyl groups excluding tert-OH is 2. The van der Waals surface area contributed by atoms with Crippen LogP contribution < -0.4 is 20.0 Å². The van der Waals surface area contributed by atoms with Gasteiger partial charge in [-0.05, 0) is 25.0 Å². The van der Waals surface area contributed by atoms with Crippen molar-refractivity contribution in [1.29, 1.82) is 0 Å². The third kappa shape index (κ3) is 26.9. The number of carbonyl (C=O) groups is 2. The summed E-state index contributed by atoms with van der Waals surface area (Å²) in [5.74, 6) is -2.37. The number of carbonyl (C=O) groups excluding carboxylic acids is 2. The highest BCUT2D eigenvalue weighted by molar-refractivity contribution is 7.43. The summed E-state index contributed by atoms with van der Waals surface area (Å²) in [7, 11) is -5.00. The lowest BCUT2D eigenvalue weighted by Gasteiger charge is -2.29. The smallest absolute Gasteiger partial charge is 0.101 e. The molecule has 0 aromatic carbocycles. The van der Waals surface area contributed by atoms with Crippen molar-refractivity contribution < 1.29 is 48.9 Å². The van der Waals surface area contributed by atoms with E-state index in [9.17, 15) is 34.2 Å². The maximum Gasteiger partial charge on any atom is 0.101 e. The van der Waals surface area contributed by atoms with E-state index in [0.29, 0.717) is 0 Å². The molecular weight excluding hydrogens is 323 g/mol. The van der Waals surface area contributed by atoms with E-state index in [-0.39, 0.29) is 11.1 Å². The summed E-state index contributed by atoms with van der Waals surface area (Å²) in [6.45, 7) is 7.62. The normalized spacial score (nSPS) is 11.0. The first-order valence-electron chi connectivity index (χ1n) is 5.43. The van der Waals surface area contributed by atoms with Crippen molar-refractivity contribution in [1.82, 2.24) is 0 Å². The Kier molecular flexibility index (Phi) is 15.2. The van der Waals surface area contributed by atoms with Crippen LogP contribution in [-0.4, -0.2) is 41.5 Å². The lowest BCUT2D eigenvalue weighted by molar-refractivity contribution is -0.343. The SMILES string of the molecule is C=C(C)C(=O)[O-].C=C(C)C(=O)[O-].O=P([O-])([O-])OCC(O)CO. The van der Waals surface area contributed by atoms with Crippen molar-refractivity contribution in [2.45, 2.75) is 20.0 Å².